The average Bonchev–Trinajstić information content (AvgIpc) is 2.96. The van der Waals surface area contributed by atoms with Crippen LogP contribution >= 0.6 is 0 Å². The van der Waals surface area contributed by atoms with Gasteiger partial charge in [-0.2, -0.15) is 0 Å². The minimum Gasteiger partial charge on any atom is -0.307 e. The molecule has 0 aromatic carbocycles. The quantitative estimate of drug-likeness (QED) is 0.544. The summed E-state index contributed by atoms with van der Waals surface area (Å²) < 4.78 is 30.5. The molecule has 0 saturated carbocycles. The monoisotopic (exact) mass is 403 g/mol. The average molecular weight is 404 g/mol. The van der Waals surface area contributed by atoms with Crippen LogP contribution in [0.25, 0.3) is 17.8 Å². The smallest absolute Gasteiger partial charge is 0.241 e. The number of rotatable bonds is 10. The lowest BCUT2D eigenvalue weighted by atomic mass is 9.94. The first-order valence-corrected chi connectivity index (χ1v) is 10.9. The molecule has 0 atom stereocenters. The zero-order valence-corrected chi connectivity index (χ0v) is 18.7. The van der Waals surface area contributed by atoms with E-state index in [4.69, 9.17) is 0 Å². The molecule has 0 spiro atoms. The molecule has 0 radical (unpaired) electrons. The molecule has 28 heavy (non-hydrogen) atoms. The normalized spacial score (nSPS) is 14.1. The van der Waals surface area contributed by atoms with Gasteiger partial charge in [0.1, 0.15) is 5.82 Å². The standard InChI is InChI=1S/C22H33N3O2S/c1-9-13-25-16-20(23-21(25)12-4)18(10-2)14-19(11-3)28(26,27)24-22(7,8)15-17(5)6/h9-14,16-17,24H,3-4,15H2,1-2,5-8H3/b13-9-,18-10+,19-14+. The van der Waals surface area contributed by atoms with Crippen molar-refractivity contribution in [3.63, 3.8) is 0 Å². The van der Waals surface area contributed by atoms with E-state index in [0.29, 0.717) is 23.0 Å². The van der Waals surface area contributed by atoms with Crippen molar-refractivity contribution in [2.24, 2.45) is 5.92 Å². The zero-order chi connectivity index (χ0) is 21.5. The molecule has 1 aromatic heterocycles. The molecule has 1 heterocycles. The third kappa shape index (κ3) is 6.46. The van der Waals surface area contributed by atoms with E-state index in [0.717, 1.165) is 6.42 Å². The topological polar surface area (TPSA) is 64.0 Å². The highest BCUT2D eigenvalue weighted by Gasteiger charge is 2.27. The van der Waals surface area contributed by atoms with E-state index < -0.39 is 15.6 Å². The van der Waals surface area contributed by atoms with E-state index in [1.165, 1.54) is 6.08 Å². The SMILES string of the molecule is C=C/C(=C\C(=C/C)c1cn(/C=C\C)c(C=C)n1)S(=O)(=O)NC(C)(C)CC(C)C. The van der Waals surface area contributed by atoms with Gasteiger partial charge in [0.05, 0.1) is 10.6 Å². The number of aromatic nitrogens is 2. The molecule has 0 saturated heterocycles. The largest absolute Gasteiger partial charge is 0.307 e. The molecule has 0 unspecified atom stereocenters. The maximum Gasteiger partial charge on any atom is 0.241 e. The molecule has 0 bridgehead atoms. The molecule has 0 amide bonds. The molecule has 0 aliphatic heterocycles. The molecule has 0 fully saturated rings. The first kappa shape index (κ1) is 23.9. The van der Waals surface area contributed by atoms with Gasteiger partial charge in [-0.3, -0.25) is 0 Å². The Hall–Kier alpha value is -2.18. The first-order chi connectivity index (χ1) is 13.0. The van der Waals surface area contributed by atoms with Gasteiger partial charge in [0.15, 0.2) is 0 Å². The van der Waals surface area contributed by atoms with Crippen molar-refractivity contribution in [3.8, 4) is 0 Å². The summed E-state index contributed by atoms with van der Waals surface area (Å²) in [5.74, 6) is 1.05. The Morgan fingerprint density at radius 1 is 1.32 bits per heavy atom. The van der Waals surface area contributed by atoms with Crippen LogP contribution < -0.4 is 4.72 Å². The summed E-state index contributed by atoms with van der Waals surface area (Å²) in [6.07, 6.45) is 12.8. The van der Waals surface area contributed by atoms with Crippen LogP contribution in [0.1, 0.15) is 59.5 Å². The molecule has 5 nitrogen and oxygen atoms in total. The third-order valence-electron chi connectivity index (χ3n) is 4.00. The summed E-state index contributed by atoms with van der Waals surface area (Å²) >= 11 is 0. The fraction of sp³-hybridized carbons (Fsp3) is 0.409. The highest BCUT2D eigenvalue weighted by molar-refractivity contribution is 7.93. The lowest BCUT2D eigenvalue weighted by molar-refractivity contribution is 0.366. The second-order valence-electron chi connectivity index (χ2n) is 7.66. The lowest BCUT2D eigenvalue weighted by Crippen LogP contribution is -2.44. The Labute approximate surface area is 170 Å². The summed E-state index contributed by atoms with van der Waals surface area (Å²) in [4.78, 5) is 4.64. The van der Waals surface area contributed by atoms with E-state index in [9.17, 15) is 8.42 Å². The van der Waals surface area contributed by atoms with Gasteiger partial charge in [-0.25, -0.2) is 18.1 Å². The Bertz CT molecular complexity index is 898. The maximum absolute atomic E-state index is 12.9. The summed E-state index contributed by atoms with van der Waals surface area (Å²) in [6, 6.07) is 0. The van der Waals surface area contributed by atoms with Crippen LogP contribution in [0.3, 0.4) is 0 Å². The van der Waals surface area contributed by atoms with Crippen LogP contribution in [-0.2, 0) is 10.0 Å². The zero-order valence-electron chi connectivity index (χ0n) is 17.9. The summed E-state index contributed by atoms with van der Waals surface area (Å²) in [5.41, 5.74) is 0.786. The van der Waals surface area contributed by atoms with E-state index in [2.05, 4.69) is 36.7 Å². The fourth-order valence-corrected chi connectivity index (χ4v) is 4.60. The van der Waals surface area contributed by atoms with Gasteiger partial charge < -0.3 is 4.57 Å². The number of hydrogen-bond acceptors (Lipinski definition) is 3. The van der Waals surface area contributed by atoms with Crippen LogP contribution in [0.5, 0.6) is 0 Å². The van der Waals surface area contributed by atoms with Gasteiger partial charge >= 0.3 is 0 Å². The van der Waals surface area contributed by atoms with E-state index >= 15 is 0 Å². The summed E-state index contributed by atoms with van der Waals surface area (Å²) in [5, 5.41) is 0. The van der Waals surface area contributed by atoms with Gasteiger partial charge in [-0.1, -0.05) is 39.2 Å². The Kier molecular flexibility index (Phi) is 8.39. The van der Waals surface area contributed by atoms with Gasteiger partial charge in [0, 0.05) is 17.9 Å². The third-order valence-corrected chi connectivity index (χ3v) is 5.72. The molecule has 154 valence electrons. The molecular weight excluding hydrogens is 370 g/mol. The summed E-state index contributed by atoms with van der Waals surface area (Å²) in [6.45, 7) is 19.1. The van der Waals surface area contributed by atoms with Gasteiger partial charge in [-0.05, 0) is 63.8 Å². The number of sulfonamides is 1. The molecular formula is C22H33N3O2S. The highest BCUT2D eigenvalue weighted by Crippen LogP contribution is 2.23. The van der Waals surface area contributed by atoms with Crippen LogP contribution in [-0.4, -0.2) is 23.5 Å². The number of nitrogens with zero attached hydrogens (tertiary/aromatic N) is 2. The molecule has 1 aromatic rings. The van der Waals surface area contributed by atoms with Gasteiger partial charge in [0.25, 0.3) is 0 Å². The van der Waals surface area contributed by atoms with E-state index in [-0.39, 0.29) is 4.91 Å². The second kappa shape index (κ2) is 9.85. The minimum absolute atomic E-state index is 0.109. The maximum atomic E-state index is 12.9. The second-order valence-corrected chi connectivity index (χ2v) is 9.34. The summed E-state index contributed by atoms with van der Waals surface area (Å²) in [7, 11) is -3.72. The number of nitrogens with one attached hydrogen (secondary N) is 1. The molecule has 1 N–H and O–H groups in total. The number of allylic oxidation sites excluding steroid dienone is 5. The number of imidazole rings is 1. The van der Waals surface area contributed by atoms with Gasteiger partial charge in [0.2, 0.25) is 10.0 Å². The first-order valence-electron chi connectivity index (χ1n) is 9.38. The molecule has 1 rings (SSSR count). The predicted octanol–water partition coefficient (Wildman–Crippen LogP) is 5.23. The van der Waals surface area contributed by atoms with Crippen molar-refractivity contribution in [1.29, 1.82) is 0 Å². The van der Waals surface area contributed by atoms with Crippen molar-refractivity contribution < 1.29 is 8.42 Å². The van der Waals surface area contributed by atoms with E-state index in [1.54, 1.807) is 12.2 Å². The fourth-order valence-electron chi connectivity index (χ4n) is 3.17. The minimum atomic E-state index is -3.72. The highest BCUT2D eigenvalue weighted by atomic mass is 32.2. The molecule has 6 heteroatoms. The van der Waals surface area contributed by atoms with Crippen molar-refractivity contribution in [3.05, 3.63) is 60.1 Å². The van der Waals surface area contributed by atoms with Crippen molar-refractivity contribution in [1.82, 2.24) is 14.3 Å². The lowest BCUT2D eigenvalue weighted by Gasteiger charge is -2.28. The van der Waals surface area contributed by atoms with Crippen LogP contribution in [0, 0.1) is 5.92 Å². The van der Waals surface area contributed by atoms with Crippen LogP contribution in [0.2, 0.25) is 0 Å². The van der Waals surface area contributed by atoms with Crippen molar-refractivity contribution in [2.45, 2.75) is 53.5 Å². The Balaban J connectivity index is 3.32. The molecule has 0 aliphatic rings. The van der Waals surface area contributed by atoms with Crippen molar-refractivity contribution in [2.75, 3.05) is 0 Å². The predicted molar refractivity (Wildman–Crippen MR) is 121 cm³/mol. The Morgan fingerprint density at radius 2 is 1.96 bits per heavy atom. The molecule has 0 aliphatic carbocycles. The van der Waals surface area contributed by atoms with Gasteiger partial charge in [-0.15, -0.1) is 0 Å². The Morgan fingerprint density at radius 3 is 2.43 bits per heavy atom. The van der Waals surface area contributed by atoms with Crippen LogP contribution in [0.15, 0.2) is 48.6 Å². The van der Waals surface area contributed by atoms with Crippen LogP contribution in [0.4, 0.5) is 0 Å². The van der Waals surface area contributed by atoms with E-state index in [1.807, 2.05) is 56.8 Å². The number of hydrogen-bond donors (Lipinski definition) is 1. The van der Waals surface area contributed by atoms with Crippen molar-refractivity contribution >= 4 is 27.9 Å².